The summed E-state index contributed by atoms with van der Waals surface area (Å²) in [5.74, 6) is 1.73. The first kappa shape index (κ1) is 19.5. The minimum atomic E-state index is -0.0959. The van der Waals surface area contributed by atoms with E-state index in [-0.39, 0.29) is 12.5 Å². The SMILES string of the molecule is COc1cccc(OCC(=O)NCC2CCN(c3nc4ccccc4s3)CC2)c1. The van der Waals surface area contributed by atoms with Crippen molar-refractivity contribution in [3.8, 4) is 11.5 Å². The number of piperidine rings is 1. The van der Waals surface area contributed by atoms with Gasteiger partial charge in [0.1, 0.15) is 11.5 Å². The van der Waals surface area contributed by atoms with E-state index < -0.39 is 0 Å². The first-order chi connectivity index (χ1) is 14.2. The predicted molar refractivity (Wildman–Crippen MR) is 116 cm³/mol. The van der Waals surface area contributed by atoms with Crippen LogP contribution in [0.1, 0.15) is 12.8 Å². The van der Waals surface area contributed by atoms with Crippen LogP contribution in [0.3, 0.4) is 0 Å². The lowest BCUT2D eigenvalue weighted by atomic mass is 9.97. The molecule has 2 heterocycles. The zero-order chi connectivity index (χ0) is 20.1. The molecule has 0 spiro atoms. The second kappa shape index (κ2) is 9.13. The van der Waals surface area contributed by atoms with Gasteiger partial charge < -0.3 is 19.7 Å². The zero-order valence-corrected chi connectivity index (χ0v) is 17.3. The number of amides is 1. The number of hydrogen-bond donors (Lipinski definition) is 1. The number of nitrogens with zero attached hydrogens (tertiary/aromatic N) is 2. The van der Waals surface area contributed by atoms with Crippen molar-refractivity contribution in [1.82, 2.24) is 10.3 Å². The molecule has 0 aliphatic carbocycles. The fourth-order valence-electron chi connectivity index (χ4n) is 3.47. The van der Waals surface area contributed by atoms with Crippen molar-refractivity contribution in [2.45, 2.75) is 12.8 Å². The van der Waals surface area contributed by atoms with Crippen LogP contribution in [-0.4, -0.2) is 44.2 Å². The zero-order valence-electron chi connectivity index (χ0n) is 16.5. The van der Waals surface area contributed by atoms with Crippen molar-refractivity contribution in [1.29, 1.82) is 0 Å². The number of carbonyl (C=O) groups excluding carboxylic acids is 1. The van der Waals surface area contributed by atoms with Crippen molar-refractivity contribution in [2.75, 3.05) is 38.3 Å². The Morgan fingerprint density at radius 1 is 1.17 bits per heavy atom. The van der Waals surface area contributed by atoms with Crippen LogP contribution in [-0.2, 0) is 4.79 Å². The van der Waals surface area contributed by atoms with E-state index in [1.165, 1.54) is 4.70 Å². The fourth-order valence-corrected chi connectivity index (χ4v) is 4.49. The summed E-state index contributed by atoms with van der Waals surface area (Å²) < 4.78 is 11.9. The monoisotopic (exact) mass is 411 g/mol. The molecule has 0 unspecified atom stereocenters. The third kappa shape index (κ3) is 4.98. The van der Waals surface area contributed by atoms with Crippen LogP contribution in [0.5, 0.6) is 11.5 Å². The number of methoxy groups -OCH3 is 1. The standard InChI is InChI=1S/C22H25N3O3S/c1-27-17-5-4-6-18(13-17)28-15-21(26)23-14-16-9-11-25(12-10-16)22-24-19-7-2-3-8-20(19)29-22/h2-8,13,16H,9-12,14-15H2,1H3,(H,23,26). The van der Waals surface area contributed by atoms with Crippen molar-refractivity contribution < 1.29 is 14.3 Å². The molecule has 7 heteroatoms. The first-order valence-corrected chi connectivity index (χ1v) is 10.7. The Labute approximate surface area is 174 Å². The number of fused-ring (bicyclic) bond motifs is 1. The minimum absolute atomic E-state index is 0.0116. The molecule has 152 valence electrons. The molecule has 1 aliphatic heterocycles. The first-order valence-electron chi connectivity index (χ1n) is 9.85. The number of para-hydroxylation sites is 1. The normalized spacial score (nSPS) is 14.7. The number of carbonyl (C=O) groups is 1. The molecule has 1 aromatic heterocycles. The van der Waals surface area contributed by atoms with Gasteiger partial charge >= 0.3 is 0 Å². The molecular formula is C22H25N3O3S. The topological polar surface area (TPSA) is 63.7 Å². The number of benzene rings is 2. The second-order valence-electron chi connectivity index (χ2n) is 7.17. The number of aromatic nitrogens is 1. The molecule has 29 heavy (non-hydrogen) atoms. The predicted octanol–water partition coefficient (Wildman–Crippen LogP) is 3.72. The van der Waals surface area contributed by atoms with E-state index >= 15 is 0 Å². The number of thiazole rings is 1. The Morgan fingerprint density at radius 3 is 2.76 bits per heavy atom. The van der Waals surface area contributed by atoms with Crippen LogP contribution in [0.25, 0.3) is 10.2 Å². The molecule has 1 N–H and O–H groups in total. The average molecular weight is 412 g/mol. The molecule has 4 rings (SSSR count). The van der Waals surface area contributed by atoms with Gasteiger partial charge in [-0.1, -0.05) is 29.5 Å². The molecular weight excluding hydrogens is 386 g/mol. The second-order valence-corrected chi connectivity index (χ2v) is 8.18. The summed E-state index contributed by atoms with van der Waals surface area (Å²) >= 11 is 1.75. The van der Waals surface area contributed by atoms with Gasteiger partial charge in [0.2, 0.25) is 0 Å². The third-order valence-corrected chi connectivity index (χ3v) is 6.26. The summed E-state index contributed by atoms with van der Waals surface area (Å²) in [4.78, 5) is 19.2. The fraction of sp³-hybridized carbons (Fsp3) is 0.364. The van der Waals surface area contributed by atoms with E-state index in [2.05, 4.69) is 28.4 Å². The third-order valence-electron chi connectivity index (χ3n) is 5.17. The highest BCUT2D eigenvalue weighted by atomic mass is 32.1. The van der Waals surface area contributed by atoms with E-state index in [9.17, 15) is 4.79 Å². The van der Waals surface area contributed by atoms with Gasteiger partial charge in [0, 0.05) is 25.7 Å². The molecule has 1 amide bonds. The molecule has 2 aromatic carbocycles. The van der Waals surface area contributed by atoms with Gasteiger partial charge in [-0.2, -0.15) is 0 Å². The van der Waals surface area contributed by atoms with Crippen LogP contribution < -0.4 is 19.7 Å². The Morgan fingerprint density at radius 2 is 1.97 bits per heavy atom. The van der Waals surface area contributed by atoms with Gasteiger partial charge in [-0.25, -0.2) is 4.98 Å². The highest BCUT2D eigenvalue weighted by molar-refractivity contribution is 7.22. The molecule has 0 radical (unpaired) electrons. The highest BCUT2D eigenvalue weighted by Crippen LogP contribution is 2.31. The summed E-state index contributed by atoms with van der Waals surface area (Å²) in [6.07, 6.45) is 2.10. The van der Waals surface area contributed by atoms with Crippen molar-refractivity contribution in [3.63, 3.8) is 0 Å². The summed E-state index contributed by atoms with van der Waals surface area (Å²) in [7, 11) is 1.61. The van der Waals surface area contributed by atoms with Gasteiger partial charge in [-0.05, 0) is 43.0 Å². The van der Waals surface area contributed by atoms with Crippen molar-refractivity contribution in [2.24, 2.45) is 5.92 Å². The molecule has 3 aromatic rings. The molecule has 0 saturated carbocycles. The van der Waals surface area contributed by atoms with Gasteiger partial charge in [0.25, 0.3) is 5.91 Å². The number of anilines is 1. The Bertz CT molecular complexity index is 934. The number of ether oxygens (including phenoxy) is 2. The van der Waals surface area contributed by atoms with E-state index in [1.807, 2.05) is 24.3 Å². The lowest BCUT2D eigenvalue weighted by Crippen LogP contribution is -2.39. The van der Waals surface area contributed by atoms with E-state index in [1.54, 1.807) is 24.5 Å². The van der Waals surface area contributed by atoms with Crippen LogP contribution in [0.4, 0.5) is 5.13 Å². The Balaban J connectivity index is 1.20. The van der Waals surface area contributed by atoms with Crippen LogP contribution in [0.2, 0.25) is 0 Å². The number of nitrogens with one attached hydrogen (secondary N) is 1. The van der Waals surface area contributed by atoms with Crippen LogP contribution in [0, 0.1) is 5.92 Å². The number of hydrogen-bond acceptors (Lipinski definition) is 6. The average Bonchev–Trinajstić information content (AvgIpc) is 3.21. The minimum Gasteiger partial charge on any atom is -0.497 e. The largest absolute Gasteiger partial charge is 0.497 e. The quantitative estimate of drug-likeness (QED) is 0.642. The van der Waals surface area contributed by atoms with Gasteiger partial charge in [-0.3, -0.25) is 4.79 Å². The van der Waals surface area contributed by atoms with Gasteiger partial charge in [0.15, 0.2) is 11.7 Å². The molecule has 1 saturated heterocycles. The highest BCUT2D eigenvalue weighted by Gasteiger charge is 2.22. The summed E-state index contributed by atoms with van der Waals surface area (Å²) in [6.45, 7) is 2.65. The smallest absolute Gasteiger partial charge is 0.257 e. The maximum absolute atomic E-state index is 12.1. The van der Waals surface area contributed by atoms with Crippen molar-refractivity contribution in [3.05, 3.63) is 48.5 Å². The molecule has 0 atom stereocenters. The summed E-state index contributed by atoms with van der Waals surface area (Å²) in [5, 5.41) is 4.10. The van der Waals surface area contributed by atoms with E-state index in [0.29, 0.717) is 24.0 Å². The Kier molecular flexibility index (Phi) is 6.14. The molecule has 6 nitrogen and oxygen atoms in total. The lowest BCUT2D eigenvalue weighted by Gasteiger charge is -2.31. The molecule has 0 bridgehead atoms. The van der Waals surface area contributed by atoms with Gasteiger partial charge in [-0.15, -0.1) is 0 Å². The maximum atomic E-state index is 12.1. The van der Waals surface area contributed by atoms with Crippen LogP contribution in [0.15, 0.2) is 48.5 Å². The Hall–Kier alpha value is -2.80. The number of rotatable bonds is 7. The molecule has 1 aliphatic rings. The van der Waals surface area contributed by atoms with Crippen LogP contribution >= 0.6 is 11.3 Å². The van der Waals surface area contributed by atoms with E-state index in [0.717, 1.165) is 36.6 Å². The van der Waals surface area contributed by atoms with Gasteiger partial charge in [0.05, 0.1) is 17.3 Å². The summed E-state index contributed by atoms with van der Waals surface area (Å²) in [5.41, 5.74) is 1.07. The lowest BCUT2D eigenvalue weighted by molar-refractivity contribution is -0.123. The summed E-state index contributed by atoms with van der Waals surface area (Å²) in [6, 6.07) is 15.5. The van der Waals surface area contributed by atoms with Crippen molar-refractivity contribution >= 4 is 32.6 Å². The maximum Gasteiger partial charge on any atom is 0.257 e. The molecule has 1 fully saturated rings. The van der Waals surface area contributed by atoms with E-state index in [4.69, 9.17) is 14.5 Å².